The van der Waals surface area contributed by atoms with Crippen molar-refractivity contribution in [3.63, 3.8) is 0 Å². The fraction of sp³-hybridized carbons (Fsp3) is 0.333. The van der Waals surface area contributed by atoms with Gasteiger partial charge in [0.2, 0.25) is 0 Å². The molecule has 1 heterocycles. The normalized spacial score (nSPS) is 10.4. The highest BCUT2D eigenvalue weighted by molar-refractivity contribution is 9.10. The van der Waals surface area contributed by atoms with Gasteiger partial charge in [-0.3, -0.25) is 0 Å². The molecule has 0 fully saturated rings. The molecule has 1 aromatic carbocycles. The molecule has 0 bridgehead atoms. The zero-order chi connectivity index (χ0) is 14.7. The average Bonchev–Trinajstić information content (AvgIpc) is 2.45. The van der Waals surface area contributed by atoms with Crippen LogP contribution in [-0.2, 0) is 6.42 Å². The fourth-order valence-corrected chi connectivity index (χ4v) is 2.32. The van der Waals surface area contributed by atoms with Gasteiger partial charge >= 0.3 is 0 Å². The molecule has 5 heteroatoms. The lowest BCUT2D eigenvalue weighted by Gasteiger charge is -2.15. The van der Waals surface area contributed by atoms with Crippen LogP contribution in [0.25, 0.3) is 0 Å². The van der Waals surface area contributed by atoms with Gasteiger partial charge in [-0.05, 0) is 31.5 Å². The summed E-state index contributed by atoms with van der Waals surface area (Å²) in [5.74, 6) is 2.55. The summed E-state index contributed by atoms with van der Waals surface area (Å²) < 4.78 is 1.08. The van der Waals surface area contributed by atoms with Crippen LogP contribution < -0.4 is 10.6 Å². The van der Waals surface area contributed by atoms with Crippen molar-refractivity contribution in [2.24, 2.45) is 0 Å². The van der Waals surface area contributed by atoms with Crippen LogP contribution in [0.5, 0.6) is 0 Å². The van der Waals surface area contributed by atoms with Gasteiger partial charge in [-0.25, -0.2) is 9.97 Å². The average molecular weight is 335 g/mol. The van der Waals surface area contributed by atoms with Crippen LogP contribution in [-0.4, -0.2) is 17.0 Å². The van der Waals surface area contributed by atoms with Gasteiger partial charge < -0.3 is 10.6 Å². The Kier molecular flexibility index (Phi) is 4.60. The Morgan fingerprint density at radius 1 is 1.10 bits per heavy atom. The van der Waals surface area contributed by atoms with Crippen LogP contribution in [0, 0.1) is 13.8 Å². The van der Waals surface area contributed by atoms with E-state index in [2.05, 4.69) is 50.4 Å². The van der Waals surface area contributed by atoms with Crippen molar-refractivity contribution >= 4 is 33.3 Å². The first kappa shape index (κ1) is 14.8. The monoisotopic (exact) mass is 334 g/mol. The van der Waals surface area contributed by atoms with Gasteiger partial charge in [0.05, 0.1) is 0 Å². The molecule has 0 radical (unpaired) electrons. The van der Waals surface area contributed by atoms with Crippen LogP contribution in [0.15, 0.2) is 22.7 Å². The van der Waals surface area contributed by atoms with Gasteiger partial charge in [-0.2, -0.15) is 0 Å². The summed E-state index contributed by atoms with van der Waals surface area (Å²) in [5, 5.41) is 6.53. The molecule has 0 atom stereocenters. The predicted molar refractivity (Wildman–Crippen MR) is 87.9 cm³/mol. The minimum Gasteiger partial charge on any atom is -0.373 e. The molecule has 0 aliphatic heterocycles. The number of benzene rings is 1. The fourth-order valence-electron chi connectivity index (χ4n) is 1.96. The van der Waals surface area contributed by atoms with E-state index in [-0.39, 0.29) is 0 Å². The van der Waals surface area contributed by atoms with E-state index in [1.807, 2.05) is 32.2 Å². The Morgan fingerprint density at radius 3 is 2.45 bits per heavy atom. The molecule has 2 aromatic rings. The zero-order valence-corrected chi connectivity index (χ0v) is 13.8. The smallest absolute Gasteiger partial charge is 0.139 e. The van der Waals surface area contributed by atoms with E-state index < -0.39 is 0 Å². The number of nitrogens with zero attached hydrogens (tertiary/aromatic N) is 2. The van der Waals surface area contributed by atoms with E-state index >= 15 is 0 Å². The molecule has 0 aliphatic carbocycles. The van der Waals surface area contributed by atoms with Crippen LogP contribution in [0.3, 0.4) is 0 Å². The lowest BCUT2D eigenvalue weighted by atomic mass is 10.2. The molecule has 1 aromatic heterocycles. The molecule has 0 amide bonds. The second kappa shape index (κ2) is 6.22. The van der Waals surface area contributed by atoms with Gasteiger partial charge in [-0.15, -0.1) is 0 Å². The minimum atomic E-state index is 0.807. The number of halogens is 1. The van der Waals surface area contributed by atoms with E-state index in [9.17, 15) is 0 Å². The second-order valence-electron chi connectivity index (χ2n) is 4.60. The van der Waals surface area contributed by atoms with Crippen molar-refractivity contribution < 1.29 is 0 Å². The minimum absolute atomic E-state index is 0.807. The van der Waals surface area contributed by atoms with Crippen LogP contribution in [0.4, 0.5) is 17.3 Å². The third kappa shape index (κ3) is 2.93. The maximum absolute atomic E-state index is 4.59. The summed E-state index contributed by atoms with van der Waals surface area (Å²) >= 11 is 3.55. The number of aryl methyl sites for hydroxylation is 1. The first-order chi connectivity index (χ1) is 9.56. The van der Waals surface area contributed by atoms with Crippen molar-refractivity contribution in [2.75, 3.05) is 17.7 Å². The molecule has 0 aliphatic rings. The standard InChI is InChI=1S/C15H19BrN4/c1-5-13-19-14(17-4)10(3)15(20-13)18-12-8-6-7-11(16)9(12)2/h6-8H,5H2,1-4H3,(H2,17,18,19,20). The van der Waals surface area contributed by atoms with Crippen molar-refractivity contribution in [3.8, 4) is 0 Å². The molecule has 0 spiro atoms. The number of hydrogen-bond donors (Lipinski definition) is 2. The Labute approximate surface area is 128 Å². The molecule has 2 rings (SSSR count). The van der Waals surface area contributed by atoms with Crippen LogP contribution in [0.1, 0.15) is 23.9 Å². The molecular weight excluding hydrogens is 316 g/mol. The Morgan fingerprint density at radius 2 is 1.80 bits per heavy atom. The summed E-state index contributed by atoms with van der Waals surface area (Å²) in [6.07, 6.45) is 0.807. The lowest BCUT2D eigenvalue weighted by molar-refractivity contribution is 0.935. The van der Waals surface area contributed by atoms with Crippen molar-refractivity contribution in [1.29, 1.82) is 0 Å². The van der Waals surface area contributed by atoms with Crippen molar-refractivity contribution in [1.82, 2.24) is 9.97 Å². The van der Waals surface area contributed by atoms with Crippen molar-refractivity contribution in [2.45, 2.75) is 27.2 Å². The maximum atomic E-state index is 4.59. The molecule has 0 unspecified atom stereocenters. The first-order valence-corrected chi connectivity index (χ1v) is 7.43. The Balaban J connectivity index is 2.45. The highest BCUT2D eigenvalue weighted by Gasteiger charge is 2.11. The SMILES string of the molecule is CCc1nc(NC)c(C)c(Nc2cccc(Br)c2C)n1. The van der Waals surface area contributed by atoms with Crippen LogP contribution in [0.2, 0.25) is 0 Å². The molecule has 20 heavy (non-hydrogen) atoms. The van der Waals surface area contributed by atoms with E-state index in [0.29, 0.717) is 0 Å². The summed E-state index contributed by atoms with van der Waals surface area (Å²) in [6, 6.07) is 6.09. The van der Waals surface area contributed by atoms with Gasteiger partial charge in [0.1, 0.15) is 17.5 Å². The summed E-state index contributed by atoms with van der Waals surface area (Å²) in [7, 11) is 1.88. The predicted octanol–water partition coefficient (Wildman–Crippen LogP) is 4.20. The zero-order valence-electron chi connectivity index (χ0n) is 12.2. The third-order valence-corrected chi connectivity index (χ3v) is 4.13. The highest BCUT2D eigenvalue weighted by Crippen LogP contribution is 2.28. The van der Waals surface area contributed by atoms with E-state index in [0.717, 1.165) is 45.2 Å². The van der Waals surface area contributed by atoms with Gasteiger partial charge in [0.25, 0.3) is 0 Å². The molecule has 0 saturated carbocycles. The number of anilines is 3. The van der Waals surface area contributed by atoms with E-state index in [1.165, 1.54) is 0 Å². The largest absolute Gasteiger partial charge is 0.373 e. The van der Waals surface area contributed by atoms with Crippen LogP contribution >= 0.6 is 15.9 Å². The lowest BCUT2D eigenvalue weighted by Crippen LogP contribution is -2.07. The summed E-state index contributed by atoms with van der Waals surface area (Å²) in [6.45, 7) is 6.14. The third-order valence-electron chi connectivity index (χ3n) is 3.27. The number of aromatic nitrogens is 2. The number of hydrogen-bond acceptors (Lipinski definition) is 4. The number of rotatable bonds is 4. The number of nitrogens with one attached hydrogen (secondary N) is 2. The molecule has 2 N–H and O–H groups in total. The quantitative estimate of drug-likeness (QED) is 0.879. The van der Waals surface area contributed by atoms with Crippen molar-refractivity contribution in [3.05, 3.63) is 39.6 Å². The summed E-state index contributed by atoms with van der Waals surface area (Å²) in [4.78, 5) is 9.07. The Hall–Kier alpha value is -1.62. The van der Waals surface area contributed by atoms with Gasteiger partial charge in [0, 0.05) is 29.2 Å². The van der Waals surface area contributed by atoms with Gasteiger partial charge in [-0.1, -0.05) is 28.9 Å². The highest BCUT2D eigenvalue weighted by atomic mass is 79.9. The molecule has 106 valence electrons. The Bertz CT molecular complexity index is 626. The molecule has 4 nitrogen and oxygen atoms in total. The van der Waals surface area contributed by atoms with Gasteiger partial charge in [0.15, 0.2) is 0 Å². The van der Waals surface area contributed by atoms with E-state index in [1.54, 1.807) is 0 Å². The molecular formula is C15H19BrN4. The summed E-state index contributed by atoms with van der Waals surface area (Å²) in [5.41, 5.74) is 3.23. The van der Waals surface area contributed by atoms with E-state index in [4.69, 9.17) is 0 Å². The maximum Gasteiger partial charge on any atom is 0.139 e. The molecule has 0 saturated heterocycles. The topological polar surface area (TPSA) is 49.8 Å². The first-order valence-electron chi connectivity index (χ1n) is 6.64. The second-order valence-corrected chi connectivity index (χ2v) is 5.46.